The Morgan fingerprint density at radius 3 is 2.80 bits per heavy atom. The fourth-order valence-corrected chi connectivity index (χ4v) is 4.19. The average molecular weight is 480 g/mol. The summed E-state index contributed by atoms with van der Waals surface area (Å²) in [6, 6.07) is 2.58. The van der Waals surface area contributed by atoms with Crippen LogP contribution in [0.5, 0.6) is 0 Å². The highest BCUT2D eigenvalue weighted by molar-refractivity contribution is 14.0. The Hall–Kier alpha value is -0.440. The largest absolute Gasteiger partial charge is 0.359 e. The third-order valence-corrected chi connectivity index (χ3v) is 6.03. The van der Waals surface area contributed by atoms with Crippen LogP contribution in [0.15, 0.2) is 15.6 Å². The number of aliphatic imine (C=N–C) groups is 1. The number of guanidine groups is 1. The molecule has 2 N–H and O–H groups in total. The molecular weight excluding hydrogens is 447 g/mol. The molecule has 1 aromatic rings. The zero-order chi connectivity index (χ0) is 17.4. The molecular formula is C18H33IN4OS. The maximum atomic E-state index is 5.47. The first kappa shape index (κ1) is 22.6. The van der Waals surface area contributed by atoms with Gasteiger partial charge in [0.05, 0.1) is 12.2 Å². The molecule has 25 heavy (non-hydrogen) atoms. The van der Waals surface area contributed by atoms with E-state index >= 15 is 0 Å². The van der Waals surface area contributed by atoms with Gasteiger partial charge in [0.15, 0.2) is 11.7 Å². The van der Waals surface area contributed by atoms with Gasteiger partial charge in [-0.2, -0.15) is 11.8 Å². The number of rotatable bonds is 7. The first-order valence-electron chi connectivity index (χ1n) is 9.15. The van der Waals surface area contributed by atoms with Crippen molar-refractivity contribution in [2.24, 2.45) is 4.99 Å². The van der Waals surface area contributed by atoms with Crippen LogP contribution in [0.25, 0.3) is 0 Å². The number of aromatic nitrogens is 1. The maximum Gasteiger partial charge on any atom is 0.191 e. The lowest BCUT2D eigenvalue weighted by Gasteiger charge is -2.29. The molecule has 0 bridgehead atoms. The monoisotopic (exact) mass is 480 g/mol. The summed E-state index contributed by atoms with van der Waals surface area (Å²) in [6.45, 7) is 5.00. The molecule has 5 nitrogen and oxygen atoms in total. The van der Waals surface area contributed by atoms with Crippen LogP contribution in [0, 0.1) is 0 Å². The van der Waals surface area contributed by atoms with Gasteiger partial charge in [-0.25, -0.2) is 0 Å². The number of hydrogen-bond donors (Lipinski definition) is 2. The molecule has 1 aromatic heterocycles. The number of nitrogens with zero attached hydrogens (tertiary/aromatic N) is 2. The van der Waals surface area contributed by atoms with Crippen molar-refractivity contribution in [2.45, 2.75) is 76.1 Å². The molecule has 2 atom stereocenters. The molecule has 1 aliphatic carbocycles. The number of nitrogens with one attached hydrogen (secondary N) is 2. The molecule has 1 aliphatic rings. The average Bonchev–Trinajstić information content (AvgIpc) is 3.08. The van der Waals surface area contributed by atoms with Gasteiger partial charge in [0, 0.05) is 30.3 Å². The molecule has 0 saturated heterocycles. The maximum absolute atomic E-state index is 5.47. The van der Waals surface area contributed by atoms with Gasteiger partial charge in [0.25, 0.3) is 0 Å². The van der Waals surface area contributed by atoms with Gasteiger partial charge in [-0.05, 0) is 38.4 Å². The van der Waals surface area contributed by atoms with Crippen LogP contribution >= 0.6 is 35.7 Å². The molecule has 0 spiro atoms. The van der Waals surface area contributed by atoms with Crippen LogP contribution < -0.4 is 10.6 Å². The van der Waals surface area contributed by atoms with Crippen LogP contribution in [-0.2, 0) is 6.54 Å². The van der Waals surface area contributed by atoms with Crippen LogP contribution in [-0.4, -0.2) is 35.7 Å². The summed E-state index contributed by atoms with van der Waals surface area (Å²) in [7, 11) is 1.82. The molecule has 1 fully saturated rings. The lowest BCUT2D eigenvalue weighted by atomic mass is 9.95. The van der Waals surface area contributed by atoms with Gasteiger partial charge >= 0.3 is 0 Å². The normalized spacial score (nSPS) is 21.1. The highest BCUT2D eigenvalue weighted by atomic mass is 127. The molecule has 0 aromatic carbocycles. The first-order chi connectivity index (χ1) is 11.7. The quantitative estimate of drug-likeness (QED) is 0.341. The predicted molar refractivity (Wildman–Crippen MR) is 118 cm³/mol. The van der Waals surface area contributed by atoms with E-state index < -0.39 is 0 Å². The van der Waals surface area contributed by atoms with E-state index in [9.17, 15) is 0 Å². The lowest BCUT2D eigenvalue weighted by Crippen LogP contribution is -2.45. The van der Waals surface area contributed by atoms with Crippen molar-refractivity contribution < 1.29 is 4.52 Å². The fourth-order valence-electron chi connectivity index (χ4n) is 3.36. The third kappa shape index (κ3) is 7.00. The van der Waals surface area contributed by atoms with Crippen LogP contribution in [0.2, 0.25) is 0 Å². The molecule has 2 unspecified atom stereocenters. The van der Waals surface area contributed by atoms with Crippen molar-refractivity contribution in [3.05, 3.63) is 17.5 Å². The minimum Gasteiger partial charge on any atom is -0.359 e. The Balaban J connectivity index is 0.00000312. The Morgan fingerprint density at radius 2 is 2.16 bits per heavy atom. The lowest BCUT2D eigenvalue weighted by molar-refractivity contribution is 0.367. The highest BCUT2D eigenvalue weighted by Crippen LogP contribution is 2.27. The second kappa shape index (κ2) is 12.0. The molecule has 0 amide bonds. The predicted octanol–water partition coefficient (Wildman–Crippen LogP) is 4.54. The van der Waals surface area contributed by atoms with E-state index in [1.54, 1.807) is 0 Å². The minimum absolute atomic E-state index is 0. The summed E-state index contributed by atoms with van der Waals surface area (Å²) in [4.78, 5) is 4.35. The van der Waals surface area contributed by atoms with Crippen molar-refractivity contribution in [3.63, 3.8) is 0 Å². The zero-order valence-corrected chi connectivity index (χ0v) is 19.0. The van der Waals surface area contributed by atoms with E-state index in [1.807, 2.05) is 18.8 Å². The summed E-state index contributed by atoms with van der Waals surface area (Å²) >= 11 is 1.98. The Labute approximate surface area is 173 Å². The SMILES string of the molecule is CCC(CC)c1cc(CNC(=NC)NC2CCCC(SC)C2)on1.I. The van der Waals surface area contributed by atoms with Gasteiger partial charge < -0.3 is 15.2 Å². The third-order valence-electron chi connectivity index (χ3n) is 4.93. The number of hydrogen-bond acceptors (Lipinski definition) is 4. The van der Waals surface area contributed by atoms with E-state index in [0.29, 0.717) is 18.5 Å². The summed E-state index contributed by atoms with van der Waals surface area (Å²) in [5, 5.41) is 11.9. The topological polar surface area (TPSA) is 62.5 Å². The van der Waals surface area contributed by atoms with E-state index in [2.05, 4.69) is 47.0 Å². The molecule has 1 heterocycles. The second-order valence-corrected chi connectivity index (χ2v) is 7.66. The summed E-state index contributed by atoms with van der Waals surface area (Å²) in [5.74, 6) is 2.21. The van der Waals surface area contributed by atoms with Gasteiger partial charge in [-0.15, -0.1) is 24.0 Å². The smallest absolute Gasteiger partial charge is 0.191 e. The van der Waals surface area contributed by atoms with Crippen LogP contribution in [0.4, 0.5) is 0 Å². The van der Waals surface area contributed by atoms with Gasteiger partial charge in [0.2, 0.25) is 0 Å². The van der Waals surface area contributed by atoms with Crippen molar-refractivity contribution >= 4 is 41.7 Å². The summed E-state index contributed by atoms with van der Waals surface area (Å²) in [5.41, 5.74) is 1.06. The fraction of sp³-hybridized carbons (Fsp3) is 0.778. The van der Waals surface area contributed by atoms with Crippen molar-refractivity contribution in [3.8, 4) is 0 Å². The summed E-state index contributed by atoms with van der Waals surface area (Å²) in [6.07, 6.45) is 9.46. The highest BCUT2D eigenvalue weighted by Gasteiger charge is 2.22. The van der Waals surface area contributed by atoms with Crippen LogP contribution in [0.3, 0.4) is 0 Å². The van der Waals surface area contributed by atoms with Crippen molar-refractivity contribution in [1.29, 1.82) is 0 Å². The molecule has 7 heteroatoms. The van der Waals surface area contributed by atoms with E-state index in [4.69, 9.17) is 4.52 Å². The van der Waals surface area contributed by atoms with Crippen LogP contribution in [0.1, 0.15) is 69.7 Å². The van der Waals surface area contributed by atoms with Gasteiger partial charge in [-0.1, -0.05) is 25.4 Å². The van der Waals surface area contributed by atoms with Gasteiger partial charge in [0.1, 0.15) is 0 Å². The molecule has 0 aliphatic heterocycles. The molecule has 144 valence electrons. The van der Waals surface area contributed by atoms with E-state index in [0.717, 1.165) is 35.5 Å². The van der Waals surface area contributed by atoms with E-state index in [1.165, 1.54) is 25.7 Å². The van der Waals surface area contributed by atoms with Crippen molar-refractivity contribution in [1.82, 2.24) is 15.8 Å². The molecule has 2 rings (SSSR count). The zero-order valence-electron chi connectivity index (χ0n) is 15.9. The number of thioether (sulfide) groups is 1. The summed E-state index contributed by atoms with van der Waals surface area (Å²) < 4.78 is 5.47. The molecule has 0 radical (unpaired) electrons. The number of halogens is 1. The van der Waals surface area contributed by atoms with Gasteiger partial charge in [-0.3, -0.25) is 4.99 Å². The first-order valence-corrected chi connectivity index (χ1v) is 10.4. The van der Waals surface area contributed by atoms with E-state index in [-0.39, 0.29) is 24.0 Å². The Morgan fingerprint density at radius 1 is 1.40 bits per heavy atom. The minimum atomic E-state index is 0. The van der Waals surface area contributed by atoms with Crippen molar-refractivity contribution in [2.75, 3.05) is 13.3 Å². The Bertz CT molecular complexity index is 519. The molecule has 1 saturated carbocycles. The second-order valence-electron chi connectivity index (χ2n) is 6.52. The Kier molecular flexibility index (Phi) is 10.9. The standard InChI is InChI=1S/C18H32N4OS.HI/c1-5-13(6-2)17-11-15(23-22-17)12-20-18(19-3)21-14-8-7-9-16(10-14)24-4;/h11,13-14,16H,5-10,12H2,1-4H3,(H2,19,20,21);1H.